The first kappa shape index (κ1) is 15.1. The summed E-state index contributed by atoms with van der Waals surface area (Å²) in [5.41, 5.74) is 1.69. The highest BCUT2D eigenvalue weighted by Gasteiger charge is 2.41. The maximum Gasteiger partial charge on any atom is 0.363 e. The number of fused-ring (bicyclic) bond motifs is 1. The lowest BCUT2D eigenvalue weighted by molar-refractivity contribution is -0.385. The predicted molar refractivity (Wildman–Crippen MR) is 88.6 cm³/mol. The van der Waals surface area contributed by atoms with E-state index in [9.17, 15) is 19.7 Å². The van der Waals surface area contributed by atoms with Gasteiger partial charge < -0.3 is 9.64 Å². The molecule has 0 amide bonds. The van der Waals surface area contributed by atoms with Crippen LogP contribution in [0.5, 0.6) is 0 Å². The van der Waals surface area contributed by atoms with E-state index in [0.29, 0.717) is 13.0 Å². The van der Waals surface area contributed by atoms with Crippen molar-refractivity contribution in [2.75, 3.05) is 11.4 Å². The van der Waals surface area contributed by atoms with Crippen LogP contribution in [0.4, 0.5) is 11.4 Å². The van der Waals surface area contributed by atoms with E-state index in [1.54, 1.807) is 11.0 Å². The summed E-state index contributed by atoms with van der Waals surface area (Å²) in [6.07, 6.45) is 0.714. The first-order chi connectivity index (χ1) is 12.1. The maximum atomic E-state index is 12.3. The number of hydrogen-bond donors (Lipinski definition) is 0. The van der Waals surface area contributed by atoms with Gasteiger partial charge in [-0.15, -0.1) is 0 Å². The van der Waals surface area contributed by atoms with Gasteiger partial charge in [-0.1, -0.05) is 30.3 Å². The average Bonchev–Trinajstić information content (AvgIpc) is 3.14. The number of nitrogens with zero attached hydrogens (tertiary/aromatic N) is 2. The molecule has 7 nitrogen and oxygen atoms in total. The molecule has 2 aromatic rings. The van der Waals surface area contributed by atoms with E-state index in [4.69, 9.17) is 4.74 Å². The lowest BCUT2D eigenvalue weighted by atomic mass is 10.0. The molecule has 4 rings (SSSR count). The molecule has 0 radical (unpaired) electrons. The molecule has 0 spiro atoms. The molecule has 0 atom stereocenters. The van der Waals surface area contributed by atoms with Crippen molar-refractivity contribution in [3.63, 3.8) is 0 Å². The fraction of sp³-hybridized carbons (Fsp3) is 0.111. The number of esters is 2. The Kier molecular flexibility index (Phi) is 3.35. The first-order valence-electron chi connectivity index (χ1n) is 7.68. The predicted octanol–water partition coefficient (Wildman–Crippen LogP) is 2.45. The molecule has 2 aliphatic rings. The molecule has 2 heterocycles. The Morgan fingerprint density at radius 1 is 1.00 bits per heavy atom. The molecule has 0 unspecified atom stereocenters. The van der Waals surface area contributed by atoms with Gasteiger partial charge in [0.1, 0.15) is 11.3 Å². The van der Waals surface area contributed by atoms with Gasteiger partial charge in [0.25, 0.3) is 5.69 Å². The van der Waals surface area contributed by atoms with Crippen LogP contribution in [-0.2, 0) is 20.7 Å². The first-order valence-corrected chi connectivity index (χ1v) is 7.68. The molecule has 0 aliphatic carbocycles. The Labute approximate surface area is 142 Å². The zero-order valence-corrected chi connectivity index (χ0v) is 13.0. The molecule has 124 valence electrons. The van der Waals surface area contributed by atoms with E-state index in [2.05, 4.69) is 0 Å². The lowest BCUT2D eigenvalue weighted by Crippen LogP contribution is -2.24. The summed E-state index contributed by atoms with van der Waals surface area (Å²) in [5.74, 6) is -1.64. The number of carbonyl (C=O) groups is 2. The quantitative estimate of drug-likeness (QED) is 0.370. The number of nitro groups is 1. The SMILES string of the molecule is O=C1OC(=O)C(N2CCc3ccccc32)=C1c1ccccc1[N+](=O)[O-]. The second-order valence-electron chi connectivity index (χ2n) is 5.71. The van der Waals surface area contributed by atoms with Crippen LogP contribution in [0.25, 0.3) is 5.57 Å². The van der Waals surface area contributed by atoms with Crippen LogP contribution >= 0.6 is 0 Å². The van der Waals surface area contributed by atoms with Gasteiger partial charge >= 0.3 is 11.9 Å². The summed E-state index contributed by atoms with van der Waals surface area (Å²) in [6.45, 7) is 0.501. The van der Waals surface area contributed by atoms with E-state index in [1.165, 1.54) is 18.2 Å². The van der Waals surface area contributed by atoms with Crippen molar-refractivity contribution in [3.05, 3.63) is 75.5 Å². The number of ether oxygens (including phenoxy) is 1. The van der Waals surface area contributed by atoms with Crippen molar-refractivity contribution in [1.29, 1.82) is 0 Å². The van der Waals surface area contributed by atoms with E-state index in [-0.39, 0.29) is 22.5 Å². The fourth-order valence-electron chi connectivity index (χ4n) is 3.28. The van der Waals surface area contributed by atoms with E-state index in [0.717, 1.165) is 11.3 Å². The van der Waals surface area contributed by atoms with Crippen molar-refractivity contribution >= 4 is 28.9 Å². The molecule has 0 bridgehead atoms. The molecule has 2 aromatic carbocycles. The zero-order chi connectivity index (χ0) is 17.6. The molecular weight excluding hydrogens is 324 g/mol. The van der Waals surface area contributed by atoms with Gasteiger partial charge in [0, 0.05) is 18.3 Å². The number of anilines is 1. The average molecular weight is 336 g/mol. The smallest absolute Gasteiger partial charge is 0.363 e. The Morgan fingerprint density at radius 3 is 2.52 bits per heavy atom. The molecule has 0 N–H and O–H groups in total. The van der Waals surface area contributed by atoms with Gasteiger partial charge in [-0.25, -0.2) is 9.59 Å². The second-order valence-corrected chi connectivity index (χ2v) is 5.71. The van der Waals surface area contributed by atoms with Gasteiger partial charge in [0.2, 0.25) is 0 Å². The summed E-state index contributed by atoms with van der Waals surface area (Å²) < 4.78 is 4.79. The monoisotopic (exact) mass is 336 g/mol. The number of cyclic esters (lactones) is 2. The molecule has 0 saturated carbocycles. The van der Waals surface area contributed by atoms with Gasteiger partial charge in [0.15, 0.2) is 0 Å². The van der Waals surface area contributed by atoms with Gasteiger partial charge in [-0.05, 0) is 24.1 Å². The van der Waals surface area contributed by atoms with Crippen molar-refractivity contribution in [2.45, 2.75) is 6.42 Å². The van der Waals surface area contributed by atoms with Crippen LogP contribution in [0.3, 0.4) is 0 Å². The van der Waals surface area contributed by atoms with E-state index >= 15 is 0 Å². The Balaban J connectivity index is 1.94. The van der Waals surface area contributed by atoms with Crippen molar-refractivity contribution in [1.82, 2.24) is 0 Å². The molecule has 0 saturated heterocycles. The molecule has 25 heavy (non-hydrogen) atoms. The zero-order valence-electron chi connectivity index (χ0n) is 13.0. The van der Waals surface area contributed by atoms with E-state index in [1.807, 2.05) is 24.3 Å². The lowest BCUT2D eigenvalue weighted by Gasteiger charge is -2.19. The normalized spacial score (nSPS) is 16.2. The van der Waals surface area contributed by atoms with Crippen LogP contribution in [0.1, 0.15) is 11.1 Å². The molecule has 0 fully saturated rings. The molecular formula is C18H12N2O5. The standard InChI is InChI=1S/C18H12N2O5/c21-17-15(12-6-2-4-8-14(12)20(23)24)16(18(22)25-17)19-10-9-11-5-1-3-7-13(11)19/h1-8H,9-10H2. The Hall–Kier alpha value is -3.48. The number of hydrogen-bond acceptors (Lipinski definition) is 6. The van der Waals surface area contributed by atoms with E-state index < -0.39 is 16.9 Å². The number of benzene rings is 2. The van der Waals surface area contributed by atoms with Crippen LogP contribution in [0.15, 0.2) is 54.2 Å². The number of carbonyl (C=O) groups excluding carboxylic acids is 2. The second kappa shape index (κ2) is 5.55. The van der Waals surface area contributed by atoms with Gasteiger partial charge in [-0.3, -0.25) is 10.1 Å². The van der Waals surface area contributed by atoms with Gasteiger partial charge in [-0.2, -0.15) is 0 Å². The van der Waals surface area contributed by atoms with Crippen LogP contribution in [0.2, 0.25) is 0 Å². The minimum Gasteiger partial charge on any atom is -0.384 e. The number of para-hydroxylation sites is 2. The molecule has 0 aromatic heterocycles. The highest BCUT2D eigenvalue weighted by Crippen LogP contribution is 2.39. The summed E-state index contributed by atoms with van der Waals surface area (Å²) in [6, 6.07) is 13.4. The van der Waals surface area contributed by atoms with Crippen LogP contribution in [-0.4, -0.2) is 23.4 Å². The fourth-order valence-corrected chi connectivity index (χ4v) is 3.28. The minimum absolute atomic E-state index is 0.0595. The van der Waals surface area contributed by atoms with Crippen molar-refractivity contribution in [2.24, 2.45) is 0 Å². The molecule has 7 heteroatoms. The third-order valence-electron chi connectivity index (χ3n) is 4.35. The third kappa shape index (κ3) is 2.28. The minimum atomic E-state index is -0.862. The van der Waals surface area contributed by atoms with Crippen LogP contribution in [0, 0.1) is 10.1 Å². The Bertz CT molecular complexity index is 963. The third-order valence-corrected chi connectivity index (χ3v) is 4.35. The highest BCUT2D eigenvalue weighted by molar-refractivity contribution is 6.32. The van der Waals surface area contributed by atoms with Crippen molar-refractivity contribution in [3.8, 4) is 0 Å². The summed E-state index contributed by atoms with van der Waals surface area (Å²) in [4.78, 5) is 37.1. The van der Waals surface area contributed by atoms with Gasteiger partial charge in [0.05, 0.1) is 10.5 Å². The summed E-state index contributed by atoms with van der Waals surface area (Å²) >= 11 is 0. The highest BCUT2D eigenvalue weighted by atomic mass is 16.6. The number of rotatable bonds is 3. The molecule has 2 aliphatic heterocycles. The Morgan fingerprint density at radius 2 is 1.72 bits per heavy atom. The topological polar surface area (TPSA) is 89.8 Å². The van der Waals surface area contributed by atoms with Crippen LogP contribution < -0.4 is 4.90 Å². The summed E-state index contributed by atoms with van der Waals surface area (Å²) in [5, 5.41) is 11.3. The van der Waals surface area contributed by atoms with Crippen molar-refractivity contribution < 1.29 is 19.2 Å². The maximum absolute atomic E-state index is 12.3. The number of nitro benzene ring substituents is 1. The largest absolute Gasteiger partial charge is 0.384 e. The summed E-state index contributed by atoms with van der Waals surface area (Å²) in [7, 11) is 0.